The van der Waals surface area contributed by atoms with Gasteiger partial charge in [-0.3, -0.25) is 9.59 Å². The smallest absolute Gasteiger partial charge is 0.408 e. The zero-order valence-electron chi connectivity index (χ0n) is 30.3. The highest BCUT2D eigenvalue weighted by Gasteiger charge is 2.32. The number of amides is 2. The van der Waals surface area contributed by atoms with Crippen LogP contribution in [0.15, 0.2) is 61.2 Å². The Morgan fingerprint density at radius 2 is 1.85 bits per heavy atom. The third-order valence-corrected chi connectivity index (χ3v) is 9.42. The first-order chi connectivity index (χ1) is 25.1. The lowest BCUT2D eigenvalue weighted by molar-refractivity contribution is -0.155. The predicted molar refractivity (Wildman–Crippen MR) is 196 cm³/mol. The molecule has 13 heteroatoms. The number of hydrogen-bond donors (Lipinski definition) is 2. The molecule has 2 aliphatic heterocycles. The van der Waals surface area contributed by atoms with E-state index in [1.54, 1.807) is 17.6 Å². The molecule has 6 rings (SSSR count). The minimum atomic E-state index is -0.779. The van der Waals surface area contributed by atoms with Crippen molar-refractivity contribution in [3.63, 3.8) is 0 Å². The van der Waals surface area contributed by atoms with Gasteiger partial charge >= 0.3 is 12.1 Å². The van der Waals surface area contributed by atoms with Crippen molar-refractivity contribution in [1.82, 2.24) is 30.2 Å². The van der Waals surface area contributed by atoms with E-state index >= 15 is 0 Å². The topological polar surface area (TPSA) is 152 Å². The standard InChI is InChI=1S/C39H49N7O6/c1-39(2,3)52-33(47)18-9-5-8-16-31(44-38(49)51-23-27-12-6-4-7-13-27)37(48)45-21-19-28-14-10-17-32(30(28)22-45)50-24-29-15-11-20-46(29)36-34-35(41-25-40-34)42-26-43-36/h4,6-7,10,12-14,17,25-26,29,31H,5,8-9,11,15-16,18-24H2,1-3H3,(H,44,49)(H,40,41,42,43)/t29-,31+/m1/s1. The molecule has 276 valence electrons. The van der Waals surface area contributed by atoms with Crippen LogP contribution in [-0.2, 0) is 38.6 Å². The minimum absolute atomic E-state index is 0.101. The number of rotatable bonds is 14. The molecular weight excluding hydrogens is 662 g/mol. The summed E-state index contributed by atoms with van der Waals surface area (Å²) in [5, 5.41) is 2.85. The van der Waals surface area contributed by atoms with Gasteiger partial charge in [0.2, 0.25) is 5.91 Å². The number of esters is 1. The Morgan fingerprint density at radius 3 is 2.67 bits per heavy atom. The first kappa shape index (κ1) is 36.6. The summed E-state index contributed by atoms with van der Waals surface area (Å²) < 4.78 is 17.5. The van der Waals surface area contributed by atoms with Gasteiger partial charge in [-0.2, -0.15) is 0 Å². The molecule has 0 spiro atoms. The third-order valence-electron chi connectivity index (χ3n) is 9.42. The minimum Gasteiger partial charge on any atom is -0.491 e. The molecule has 2 aliphatic rings. The van der Waals surface area contributed by atoms with Crippen LogP contribution in [0.3, 0.4) is 0 Å². The van der Waals surface area contributed by atoms with Gasteiger partial charge in [0.15, 0.2) is 11.5 Å². The molecule has 1 fully saturated rings. The molecule has 2 aromatic heterocycles. The lowest BCUT2D eigenvalue weighted by Crippen LogP contribution is -2.50. The number of carbonyl (C=O) groups excluding carboxylic acids is 3. The number of benzene rings is 2. The van der Waals surface area contributed by atoms with Crippen LogP contribution in [0.25, 0.3) is 11.2 Å². The van der Waals surface area contributed by atoms with Crippen molar-refractivity contribution >= 4 is 35.0 Å². The molecule has 2 N–H and O–H groups in total. The Labute approximate surface area is 304 Å². The van der Waals surface area contributed by atoms with Crippen molar-refractivity contribution in [2.75, 3.05) is 24.6 Å². The van der Waals surface area contributed by atoms with E-state index in [-0.39, 0.29) is 24.5 Å². The zero-order chi connectivity index (χ0) is 36.5. The summed E-state index contributed by atoms with van der Waals surface area (Å²) in [6.45, 7) is 7.86. The second-order valence-electron chi connectivity index (χ2n) is 14.4. The number of carbonyl (C=O) groups is 3. The number of aromatic amines is 1. The van der Waals surface area contributed by atoms with E-state index in [1.807, 2.05) is 63.2 Å². The highest BCUT2D eigenvalue weighted by atomic mass is 16.6. The summed E-state index contributed by atoms with van der Waals surface area (Å²) in [7, 11) is 0. The lowest BCUT2D eigenvalue weighted by atomic mass is 9.97. The first-order valence-corrected chi connectivity index (χ1v) is 18.3. The first-order valence-electron chi connectivity index (χ1n) is 18.3. The molecule has 4 heterocycles. The van der Waals surface area contributed by atoms with E-state index in [0.29, 0.717) is 63.9 Å². The van der Waals surface area contributed by atoms with Crippen LogP contribution in [0.4, 0.5) is 10.6 Å². The molecule has 0 bridgehead atoms. The number of fused-ring (bicyclic) bond motifs is 2. The monoisotopic (exact) mass is 711 g/mol. The highest BCUT2D eigenvalue weighted by Crippen LogP contribution is 2.32. The summed E-state index contributed by atoms with van der Waals surface area (Å²) in [6.07, 6.45) is 7.90. The molecule has 2 amide bonds. The highest BCUT2D eigenvalue weighted by molar-refractivity contribution is 5.86. The number of aromatic nitrogens is 4. The van der Waals surface area contributed by atoms with E-state index in [2.05, 4.69) is 36.2 Å². The average Bonchev–Trinajstić information content (AvgIpc) is 3.82. The van der Waals surface area contributed by atoms with Crippen molar-refractivity contribution in [1.29, 1.82) is 0 Å². The maximum atomic E-state index is 14.1. The van der Waals surface area contributed by atoms with Crippen molar-refractivity contribution in [2.45, 2.75) is 103 Å². The number of alkyl carbamates (subject to hydrolysis) is 1. The normalized spacial score (nSPS) is 16.3. The molecular formula is C39H49N7O6. The fourth-order valence-corrected chi connectivity index (χ4v) is 6.89. The Hall–Kier alpha value is -5.20. The Kier molecular flexibility index (Phi) is 11.9. The Bertz CT molecular complexity index is 1820. The van der Waals surface area contributed by atoms with Crippen LogP contribution in [0.2, 0.25) is 0 Å². The maximum Gasteiger partial charge on any atom is 0.408 e. The van der Waals surface area contributed by atoms with Crippen LogP contribution in [0.1, 0.15) is 82.4 Å². The molecule has 4 aromatic rings. The summed E-state index contributed by atoms with van der Waals surface area (Å²) in [4.78, 5) is 59.6. The predicted octanol–water partition coefficient (Wildman–Crippen LogP) is 5.87. The number of ether oxygens (including phenoxy) is 3. The van der Waals surface area contributed by atoms with E-state index in [1.165, 1.54) is 0 Å². The SMILES string of the molecule is CC(C)(C)OC(=O)CCCCC[C@H](NC(=O)OCc1ccccc1)C(=O)N1CCc2cccc(OC[C@H]3CCCN3c3ncnc4nc[nH]c34)c2C1. The largest absolute Gasteiger partial charge is 0.491 e. The van der Waals surface area contributed by atoms with Crippen LogP contribution >= 0.6 is 0 Å². The number of nitrogens with zero attached hydrogens (tertiary/aromatic N) is 5. The van der Waals surface area contributed by atoms with Gasteiger partial charge in [0.25, 0.3) is 0 Å². The number of anilines is 1. The van der Waals surface area contributed by atoms with Gasteiger partial charge in [-0.15, -0.1) is 0 Å². The van der Waals surface area contributed by atoms with Gasteiger partial charge < -0.3 is 34.3 Å². The second kappa shape index (κ2) is 16.9. The number of H-pyrrole nitrogens is 1. The summed E-state index contributed by atoms with van der Waals surface area (Å²) in [5.41, 5.74) is 3.90. The van der Waals surface area contributed by atoms with Gasteiger partial charge in [-0.25, -0.2) is 19.7 Å². The van der Waals surface area contributed by atoms with E-state index in [0.717, 1.165) is 53.2 Å². The van der Waals surface area contributed by atoms with E-state index in [4.69, 9.17) is 14.2 Å². The van der Waals surface area contributed by atoms with Crippen molar-refractivity contribution in [2.24, 2.45) is 0 Å². The lowest BCUT2D eigenvalue weighted by Gasteiger charge is -2.33. The van der Waals surface area contributed by atoms with E-state index in [9.17, 15) is 14.4 Å². The van der Waals surface area contributed by atoms with Crippen LogP contribution in [-0.4, -0.2) is 80.2 Å². The molecule has 2 aromatic carbocycles. The molecule has 13 nitrogen and oxygen atoms in total. The Morgan fingerprint density at radius 1 is 1.00 bits per heavy atom. The maximum absolute atomic E-state index is 14.1. The number of imidazole rings is 1. The zero-order valence-corrected chi connectivity index (χ0v) is 30.3. The average molecular weight is 712 g/mol. The van der Waals surface area contributed by atoms with Crippen molar-refractivity contribution in [3.05, 3.63) is 77.9 Å². The second-order valence-corrected chi connectivity index (χ2v) is 14.4. The van der Waals surface area contributed by atoms with Crippen molar-refractivity contribution < 1.29 is 28.6 Å². The van der Waals surface area contributed by atoms with Gasteiger partial charge in [0, 0.05) is 31.6 Å². The van der Waals surface area contributed by atoms with Gasteiger partial charge in [0.1, 0.15) is 42.5 Å². The summed E-state index contributed by atoms with van der Waals surface area (Å²) >= 11 is 0. The number of unbranched alkanes of at least 4 members (excludes halogenated alkanes) is 2. The van der Waals surface area contributed by atoms with Crippen LogP contribution in [0.5, 0.6) is 5.75 Å². The molecule has 2 atom stereocenters. The van der Waals surface area contributed by atoms with Gasteiger partial charge in [-0.05, 0) is 70.1 Å². The molecule has 0 saturated carbocycles. The van der Waals surface area contributed by atoms with Crippen LogP contribution < -0.4 is 15.0 Å². The fraction of sp³-hybridized carbons (Fsp3) is 0.487. The number of nitrogens with one attached hydrogen (secondary N) is 2. The number of hydrogen-bond acceptors (Lipinski definition) is 10. The van der Waals surface area contributed by atoms with Gasteiger partial charge in [-0.1, -0.05) is 55.3 Å². The quantitative estimate of drug-likeness (QED) is 0.120. The molecule has 1 saturated heterocycles. The molecule has 0 aliphatic carbocycles. The van der Waals surface area contributed by atoms with Crippen LogP contribution in [0, 0.1) is 0 Å². The van der Waals surface area contributed by atoms with Crippen molar-refractivity contribution in [3.8, 4) is 5.75 Å². The third kappa shape index (κ3) is 9.56. The van der Waals surface area contributed by atoms with Gasteiger partial charge in [0.05, 0.1) is 12.4 Å². The Balaban J connectivity index is 1.09. The fourth-order valence-electron chi connectivity index (χ4n) is 6.89. The molecule has 52 heavy (non-hydrogen) atoms. The molecule has 0 unspecified atom stereocenters. The van der Waals surface area contributed by atoms with E-state index < -0.39 is 17.7 Å². The summed E-state index contributed by atoms with van der Waals surface area (Å²) in [6, 6.07) is 14.8. The summed E-state index contributed by atoms with van der Waals surface area (Å²) in [5.74, 6) is 1.17. The molecule has 0 radical (unpaired) electrons.